The van der Waals surface area contributed by atoms with Crippen molar-refractivity contribution in [3.8, 4) is 11.5 Å². The molecular formula is C30H24N2O8S. The summed E-state index contributed by atoms with van der Waals surface area (Å²) in [5, 5.41) is 21.2. The molecule has 0 radical (unpaired) electrons. The van der Waals surface area contributed by atoms with Crippen LogP contribution in [0.15, 0.2) is 70.5 Å². The number of allylic oxidation sites excluding steroid dienone is 4. The molecule has 208 valence electrons. The first kappa shape index (κ1) is 24.5. The van der Waals surface area contributed by atoms with E-state index in [2.05, 4.69) is 0 Å². The van der Waals surface area contributed by atoms with Crippen molar-refractivity contribution < 1.29 is 37.8 Å². The van der Waals surface area contributed by atoms with Gasteiger partial charge in [-0.25, -0.2) is 18.2 Å². The van der Waals surface area contributed by atoms with E-state index in [1.54, 1.807) is 0 Å². The molecule has 4 bridgehead atoms. The van der Waals surface area contributed by atoms with Crippen molar-refractivity contribution in [2.24, 2.45) is 47.3 Å². The minimum atomic E-state index is -4.35. The summed E-state index contributed by atoms with van der Waals surface area (Å²) in [7, 11) is -4.35. The highest BCUT2D eigenvalue weighted by Crippen LogP contribution is 2.55. The second kappa shape index (κ2) is 7.94. The zero-order valence-corrected chi connectivity index (χ0v) is 22.3. The Balaban J connectivity index is 1.15. The number of carbonyl (C=O) groups is 4. The molecule has 0 spiro atoms. The van der Waals surface area contributed by atoms with Gasteiger partial charge >= 0.3 is 0 Å². The molecule has 4 amide bonds. The molecule has 10 nitrogen and oxygen atoms in total. The molecule has 6 aliphatic rings. The van der Waals surface area contributed by atoms with Crippen LogP contribution in [0.4, 0.5) is 11.4 Å². The lowest BCUT2D eigenvalue weighted by Crippen LogP contribution is -2.33. The summed E-state index contributed by atoms with van der Waals surface area (Å²) < 4.78 is 27.6. The van der Waals surface area contributed by atoms with E-state index in [0.29, 0.717) is 0 Å². The number of phenolic OH excluding ortho intramolecular Hbond substituents is 2. The first-order chi connectivity index (χ1) is 19.6. The van der Waals surface area contributed by atoms with Gasteiger partial charge in [-0.3, -0.25) is 19.2 Å². The molecule has 8 atom stereocenters. The number of phenols is 2. The minimum absolute atomic E-state index is 0.0579. The fourth-order valence-electron chi connectivity index (χ4n) is 8.11. The molecule has 2 saturated heterocycles. The van der Waals surface area contributed by atoms with Crippen LogP contribution in [0.5, 0.6) is 11.5 Å². The fraction of sp³-hybridized carbons (Fsp3) is 0.333. The third-order valence-corrected chi connectivity index (χ3v) is 11.7. The highest BCUT2D eigenvalue weighted by Gasteiger charge is 2.61. The smallest absolute Gasteiger partial charge is 0.238 e. The predicted molar refractivity (Wildman–Crippen MR) is 142 cm³/mol. The quantitative estimate of drug-likeness (QED) is 0.419. The number of fused-ring (bicyclic) bond motifs is 10. The molecule has 41 heavy (non-hydrogen) atoms. The van der Waals surface area contributed by atoms with Gasteiger partial charge in [0.15, 0.2) is 0 Å². The Morgan fingerprint density at radius 3 is 1.20 bits per heavy atom. The highest BCUT2D eigenvalue weighted by molar-refractivity contribution is 7.91. The lowest BCUT2D eigenvalue weighted by molar-refractivity contribution is -0.124. The third-order valence-electron chi connectivity index (χ3n) is 9.94. The van der Waals surface area contributed by atoms with Gasteiger partial charge in [-0.05, 0) is 72.9 Å². The van der Waals surface area contributed by atoms with E-state index in [-0.39, 0.29) is 44.8 Å². The lowest BCUT2D eigenvalue weighted by atomic mass is 9.85. The van der Waals surface area contributed by atoms with Crippen LogP contribution in [0.1, 0.15) is 12.8 Å². The molecule has 8 rings (SSSR count). The summed E-state index contributed by atoms with van der Waals surface area (Å²) >= 11 is 0. The van der Waals surface area contributed by atoms with Gasteiger partial charge in [0.25, 0.3) is 0 Å². The van der Waals surface area contributed by atoms with Crippen molar-refractivity contribution in [3.63, 3.8) is 0 Å². The van der Waals surface area contributed by atoms with Crippen molar-refractivity contribution in [3.05, 3.63) is 60.7 Å². The molecule has 0 aromatic heterocycles. The van der Waals surface area contributed by atoms with Crippen LogP contribution in [0.2, 0.25) is 0 Å². The van der Waals surface area contributed by atoms with Crippen molar-refractivity contribution in [2.45, 2.75) is 22.6 Å². The topological polar surface area (TPSA) is 149 Å². The maximum absolute atomic E-state index is 13.8. The van der Waals surface area contributed by atoms with Crippen LogP contribution in [-0.2, 0) is 29.0 Å². The molecule has 2 saturated carbocycles. The van der Waals surface area contributed by atoms with Crippen LogP contribution in [-0.4, -0.2) is 42.3 Å². The Morgan fingerprint density at radius 1 is 0.561 bits per heavy atom. The Labute approximate surface area is 234 Å². The number of amides is 4. The molecule has 2 aromatic carbocycles. The Kier molecular flexibility index (Phi) is 4.75. The van der Waals surface area contributed by atoms with Crippen molar-refractivity contribution in [2.75, 3.05) is 9.80 Å². The monoisotopic (exact) mass is 572 g/mol. The van der Waals surface area contributed by atoms with E-state index in [4.69, 9.17) is 0 Å². The SMILES string of the molecule is O=C1C2C3C=CC(C3)C2C(=O)N1c1cc(S(=O)(=O)c2ccc(O)c(N3C(=O)C4C5C=CC(C5)C4C3=O)c2)ccc1O. The van der Waals surface area contributed by atoms with E-state index in [0.717, 1.165) is 59.0 Å². The van der Waals surface area contributed by atoms with Crippen LogP contribution in [0.25, 0.3) is 0 Å². The number of aromatic hydroxyl groups is 2. The molecule has 2 aromatic rings. The van der Waals surface area contributed by atoms with E-state index in [1.807, 2.05) is 24.3 Å². The highest BCUT2D eigenvalue weighted by atomic mass is 32.2. The Morgan fingerprint density at radius 2 is 0.878 bits per heavy atom. The Hall–Kier alpha value is -4.25. The zero-order chi connectivity index (χ0) is 28.5. The number of hydrogen-bond donors (Lipinski definition) is 2. The molecule has 2 aliphatic heterocycles. The first-order valence-electron chi connectivity index (χ1n) is 13.6. The summed E-state index contributed by atoms with van der Waals surface area (Å²) in [5.74, 6) is -5.04. The fourth-order valence-corrected chi connectivity index (χ4v) is 9.41. The number of sulfone groups is 1. The van der Waals surface area contributed by atoms with Crippen LogP contribution < -0.4 is 9.80 Å². The van der Waals surface area contributed by atoms with E-state index >= 15 is 0 Å². The van der Waals surface area contributed by atoms with Crippen LogP contribution >= 0.6 is 0 Å². The number of nitrogens with zero attached hydrogens (tertiary/aromatic N) is 2. The zero-order valence-electron chi connectivity index (χ0n) is 21.5. The van der Waals surface area contributed by atoms with Crippen molar-refractivity contribution in [1.82, 2.24) is 0 Å². The summed E-state index contributed by atoms with van der Waals surface area (Å²) in [6.07, 6.45) is 9.21. The van der Waals surface area contributed by atoms with E-state index < -0.39 is 68.6 Å². The summed E-state index contributed by atoms with van der Waals surface area (Å²) in [5.41, 5.74) is -0.427. The standard InChI is InChI=1S/C30H24N2O8S/c33-21-7-5-17(11-19(21)31-27(35)23-13-1-2-14(9-13)24(23)28(31)36)41(39,40)18-6-8-22(34)20(12-18)32-29(37)25-15-3-4-16(10-15)26(25)30(32)38/h1-8,11-16,23-26,33-34H,9-10H2. The maximum Gasteiger partial charge on any atom is 0.238 e. The molecule has 2 N–H and O–H groups in total. The van der Waals surface area contributed by atoms with Gasteiger partial charge in [0.2, 0.25) is 33.5 Å². The summed E-state index contributed by atoms with van der Waals surface area (Å²) in [6, 6.07) is 6.70. The summed E-state index contributed by atoms with van der Waals surface area (Å²) in [4.78, 5) is 54.4. The largest absolute Gasteiger partial charge is 0.506 e. The second-order valence-corrected chi connectivity index (χ2v) is 13.8. The maximum atomic E-state index is 13.8. The first-order valence-corrected chi connectivity index (χ1v) is 15.1. The van der Waals surface area contributed by atoms with Crippen LogP contribution in [0, 0.1) is 47.3 Å². The summed E-state index contributed by atoms with van der Waals surface area (Å²) in [6.45, 7) is 0. The number of carbonyl (C=O) groups excluding carboxylic acids is 4. The number of benzene rings is 2. The van der Waals surface area contributed by atoms with Gasteiger partial charge < -0.3 is 10.2 Å². The third kappa shape index (κ3) is 3.04. The second-order valence-electron chi connectivity index (χ2n) is 11.8. The van der Waals surface area contributed by atoms with Crippen molar-refractivity contribution >= 4 is 44.8 Å². The Bertz CT molecular complexity index is 1610. The van der Waals surface area contributed by atoms with Gasteiger partial charge in [-0.2, -0.15) is 0 Å². The normalized spacial score (nSPS) is 34.4. The van der Waals surface area contributed by atoms with Crippen molar-refractivity contribution in [1.29, 1.82) is 0 Å². The van der Waals surface area contributed by atoms with Gasteiger partial charge in [0.05, 0.1) is 44.8 Å². The molecule has 4 aliphatic carbocycles. The molecule has 4 fully saturated rings. The van der Waals surface area contributed by atoms with E-state index in [1.165, 1.54) is 0 Å². The van der Waals surface area contributed by atoms with E-state index in [9.17, 15) is 37.8 Å². The van der Waals surface area contributed by atoms with Crippen LogP contribution in [0.3, 0.4) is 0 Å². The lowest BCUT2D eigenvalue weighted by Gasteiger charge is -2.20. The average Bonchev–Trinajstić information content (AvgIpc) is 3.79. The van der Waals surface area contributed by atoms with Gasteiger partial charge in [-0.1, -0.05) is 24.3 Å². The van der Waals surface area contributed by atoms with Gasteiger partial charge in [0.1, 0.15) is 11.5 Å². The molecular weight excluding hydrogens is 548 g/mol. The molecule has 11 heteroatoms. The number of imide groups is 2. The van der Waals surface area contributed by atoms with Gasteiger partial charge in [-0.15, -0.1) is 0 Å². The van der Waals surface area contributed by atoms with Gasteiger partial charge in [0, 0.05) is 0 Å². The number of hydrogen-bond acceptors (Lipinski definition) is 8. The average molecular weight is 573 g/mol. The number of anilines is 2. The molecule has 8 unspecified atom stereocenters. The predicted octanol–water partition coefficient (Wildman–Crippen LogP) is 2.55. The molecule has 2 heterocycles. The minimum Gasteiger partial charge on any atom is -0.506 e. The number of rotatable bonds is 4.